The van der Waals surface area contributed by atoms with Crippen LogP contribution in [0.2, 0.25) is 0 Å². The predicted molar refractivity (Wildman–Crippen MR) is 92.3 cm³/mol. The number of carboxylic acids is 1. The average Bonchev–Trinajstić information content (AvgIpc) is 3.06. The third-order valence-electron chi connectivity index (χ3n) is 4.09. The monoisotopic (exact) mass is 317 g/mol. The van der Waals surface area contributed by atoms with E-state index in [1.54, 1.807) is 12.1 Å². The summed E-state index contributed by atoms with van der Waals surface area (Å²) in [6, 6.07) is 23.3. The van der Waals surface area contributed by atoms with Gasteiger partial charge in [0.2, 0.25) is 0 Å². The lowest BCUT2D eigenvalue weighted by Crippen LogP contribution is -2.10. The van der Waals surface area contributed by atoms with Gasteiger partial charge in [0, 0.05) is 5.56 Å². The highest BCUT2D eigenvalue weighted by Gasteiger charge is 2.27. The summed E-state index contributed by atoms with van der Waals surface area (Å²) in [5.74, 6) is -0.601. The molecule has 0 saturated heterocycles. The molecular formula is C20H15NO3. The first-order valence-corrected chi connectivity index (χ1v) is 7.67. The summed E-state index contributed by atoms with van der Waals surface area (Å²) in [4.78, 5) is 11.3. The molecule has 24 heavy (non-hydrogen) atoms. The number of anilines is 1. The number of ether oxygens (including phenoxy) is 1. The number of nitrogens with one attached hydrogen (secondary N) is 1. The SMILES string of the molecule is O=C(O)c1cccc2c1OC(c1ccc(-c3ccccc3)cc1)N2. The van der Waals surface area contributed by atoms with E-state index in [4.69, 9.17) is 4.74 Å². The molecule has 0 bridgehead atoms. The van der Waals surface area contributed by atoms with Gasteiger partial charge in [-0.1, -0.05) is 60.7 Å². The summed E-state index contributed by atoms with van der Waals surface area (Å²) in [5, 5.41) is 12.5. The second-order valence-electron chi connectivity index (χ2n) is 5.62. The van der Waals surface area contributed by atoms with E-state index < -0.39 is 5.97 Å². The quantitative estimate of drug-likeness (QED) is 0.744. The maximum atomic E-state index is 11.3. The van der Waals surface area contributed by atoms with Crippen LogP contribution in [-0.2, 0) is 0 Å². The first-order valence-electron chi connectivity index (χ1n) is 7.67. The van der Waals surface area contributed by atoms with Gasteiger partial charge in [-0.05, 0) is 23.3 Å². The topological polar surface area (TPSA) is 58.6 Å². The molecular weight excluding hydrogens is 302 g/mol. The smallest absolute Gasteiger partial charge is 0.339 e. The highest BCUT2D eigenvalue weighted by atomic mass is 16.5. The van der Waals surface area contributed by atoms with E-state index in [-0.39, 0.29) is 11.8 Å². The van der Waals surface area contributed by atoms with Crippen molar-refractivity contribution < 1.29 is 14.6 Å². The van der Waals surface area contributed by atoms with E-state index in [0.29, 0.717) is 11.4 Å². The lowest BCUT2D eigenvalue weighted by Gasteiger charge is -2.12. The van der Waals surface area contributed by atoms with Gasteiger partial charge in [0.25, 0.3) is 0 Å². The zero-order valence-corrected chi connectivity index (χ0v) is 12.8. The molecule has 0 amide bonds. The molecule has 0 aliphatic carbocycles. The highest BCUT2D eigenvalue weighted by Crippen LogP contribution is 2.40. The van der Waals surface area contributed by atoms with Gasteiger partial charge in [0.05, 0.1) is 5.69 Å². The Bertz CT molecular complexity index is 889. The van der Waals surface area contributed by atoms with Crippen molar-refractivity contribution in [2.45, 2.75) is 6.23 Å². The molecule has 4 rings (SSSR count). The molecule has 1 atom stereocenters. The predicted octanol–water partition coefficient (Wildman–Crippen LogP) is 4.55. The number of benzene rings is 3. The van der Waals surface area contributed by atoms with Crippen molar-refractivity contribution in [3.63, 3.8) is 0 Å². The number of carbonyl (C=O) groups is 1. The van der Waals surface area contributed by atoms with Crippen LogP contribution in [0.1, 0.15) is 22.1 Å². The van der Waals surface area contributed by atoms with Gasteiger partial charge in [-0.15, -0.1) is 0 Å². The summed E-state index contributed by atoms with van der Waals surface area (Å²) in [6.07, 6.45) is -0.384. The molecule has 0 spiro atoms. The standard InChI is InChI=1S/C20H15NO3/c22-20(23)16-7-4-8-17-18(16)24-19(21-17)15-11-9-14(10-12-15)13-5-2-1-3-6-13/h1-12,19,21H,(H,22,23). The zero-order valence-electron chi connectivity index (χ0n) is 12.8. The Morgan fingerprint density at radius 2 is 1.58 bits per heavy atom. The highest BCUT2D eigenvalue weighted by molar-refractivity contribution is 5.94. The van der Waals surface area contributed by atoms with E-state index in [1.807, 2.05) is 48.5 Å². The summed E-state index contributed by atoms with van der Waals surface area (Å²) in [5.41, 5.74) is 4.10. The van der Waals surface area contributed by atoms with Crippen LogP contribution < -0.4 is 10.1 Å². The molecule has 1 unspecified atom stereocenters. The summed E-state index contributed by atoms with van der Waals surface area (Å²) in [6.45, 7) is 0. The zero-order chi connectivity index (χ0) is 16.5. The molecule has 4 nitrogen and oxygen atoms in total. The van der Waals surface area contributed by atoms with E-state index in [2.05, 4.69) is 17.4 Å². The molecule has 0 fully saturated rings. The van der Waals surface area contributed by atoms with Crippen molar-refractivity contribution in [1.29, 1.82) is 0 Å². The lowest BCUT2D eigenvalue weighted by molar-refractivity contribution is 0.0691. The number of carboxylic acid groups (broad SMARTS) is 1. The fourth-order valence-electron chi connectivity index (χ4n) is 2.87. The van der Waals surface area contributed by atoms with Crippen LogP contribution in [0.4, 0.5) is 5.69 Å². The van der Waals surface area contributed by atoms with Crippen LogP contribution in [0.3, 0.4) is 0 Å². The molecule has 0 aromatic heterocycles. The Morgan fingerprint density at radius 3 is 2.29 bits per heavy atom. The molecule has 2 N–H and O–H groups in total. The molecule has 4 heteroatoms. The normalized spacial score (nSPS) is 15.2. The van der Waals surface area contributed by atoms with Gasteiger partial charge in [0.15, 0.2) is 12.0 Å². The molecule has 3 aromatic rings. The average molecular weight is 317 g/mol. The van der Waals surface area contributed by atoms with Crippen LogP contribution in [0.15, 0.2) is 72.8 Å². The number of para-hydroxylation sites is 1. The Balaban J connectivity index is 1.60. The Morgan fingerprint density at radius 1 is 0.875 bits per heavy atom. The van der Waals surface area contributed by atoms with E-state index in [9.17, 15) is 9.90 Å². The second kappa shape index (κ2) is 5.74. The summed E-state index contributed by atoms with van der Waals surface area (Å²) < 4.78 is 5.84. The van der Waals surface area contributed by atoms with Crippen molar-refractivity contribution in [1.82, 2.24) is 0 Å². The second-order valence-corrected chi connectivity index (χ2v) is 5.62. The molecule has 118 valence electrons. The van der Waals surface area contributed by atoms with Crippen molar-refractivity contribution in [3.05, 3.63) is 83.9 Å². The number of aromatic carboxylic acids is 1. The first kappa shape index (κ1) is 14.3. The van der Waals surface area contributed by atoms with Crippen molar-refractivity contribution in [2.24, 2.45) is 0 Å². The van der Waals surface area contributed by atoms with E-state index in [1.165, 1.54) is 0 Å². The fraction of sp³-hybridized carbons (Fsp3) is 0.0500. The Labute approximate surface area is 139 Å². The fourth-order valence-corrected chi connectivity index (χ4v) is 2.87. The van der Waals surface area contributed by atoms with Gasteiger partial charge >= 0.3 is 5.97 Å². The summed E-state index contributed by atoms with van der Waals surface area (Å²) >= 11 is 0. The first-order chi connectivity index (χ1) is 11.7. The van der Waals surface area contributed by atoms with Gasteiger partial charge in [-0.3, -0.25) is 0 Å². The Hall–Kier alpha value is -3.27. The van der Waals surface area contributed by atoms with Crippen LogP contribution in [0.25, 0.3) is 11.1 Å². The van der Waals surface area contributed by atoms with Crippen LogP contribution in [-0.4, -0.2) is 11.1 Å². The van der Waals surface area contributed by atoms with Gasteiger partial charge in [-0.25, -0.2) is 4.79 Å². The minimum absolute atomic E-state index is 0.170. The van der Waals surface area contributed by atoms with Gasteiger partial charge < -0.3 is 15.2 Å². The third kappa shape index (κ3) is 2.48. The maximum absolute atomic E-state index is 11.3. The van der Waals surface area contributed by atoms with Crippen LogP contribution >= 0.6 is 0 Å². The molecule has 1 aliphatic heterocycles. The van der Waals surface area contributed by atoms with E-state index in [0.717, 1.165) is 16.7 Å². The van der Waals surface area contributed by atoms with Crippen molar-refractivity contribution in [2.75, 3.05) is 5.32 Å². The minimum Gasteiger partial charge on any atom is -0.478 e. The van der Waals surface area contributed by atoms with Crippen molar-refractivity contribution >= 4 is 11.7 Å². The van der Waals surface area contributed by atoms with Gasteiger partial charge in [0.1, 0.15) is 5.56 Å². The molecule has 0 radical (unpaired) electrons. The third-order valence-corrected chi connectivity index (χ3v) is 4.09. The molecule has 0 saturated carbocycles. The maximum Gasteiger partial charge on any atom is 0.339 e. The van der Waals surface area contributed by atoms with Crippen LogP contribution in [0, 0.1) is 0 Å². The number of fused-ring (bicyclic) bond motifs is 1. The van der Waals surface area contributed by atoms with Crippen LogP contribution in [0.5, 0.6) is 5.75 Å². The lowest BCUT2D eigenvalue weighted by atomic mass is 10.0. The Kier molecular flexibility index (Phi) is 3.43. The molecule has 3 aromatic carbocycles. The number of hydrogen-bond acceptors (Lipinski definition) is 3. The molecule has 1 heterocycles. The largest absolute Gasteiger partial charge is 0.478 e. The number of rotatable bonds is 3. The molecule has 1 aliphatic rings. The van der Waals surface area contributed by atoms with E-state index >= 15 is 0 Å². The van der Waals surface area contributed by atoms with Gasteiger partial charge in [-0.2, -0.15) is 0 Å². The van der Waals surface area contributed by atoms with Crippen molar-refractivity contribution in [3.8, 4) is 16.9 Å². The number of hydrogen-bond donors (Lipinski definition) is 2. The minimum atomic E-state index is -0.992. The summed E-state index contributed by atoms with van der Waals surface area (Å²) in [7, 11) is 0.